The van der Waals surface area contributed by atoms with Crippen molar-refractivity contribution in [1.82, 2.24) is 15.1 Å². The Hall–Kier alpha value is -1.11. The van der Waals surface area contributed by atoms with Crippen LogP contribution < -0.4 is 5.32 Å². The summed E-state index contributed by atoms with van der Waals surface area (Å²) in [5, 5.41) is 3.08. The molecule has 3 rings (SSSR count). The van der Waals surface area contributed by atoms with Gasteiger partial charge in [0, 0.05) is 44.8 Å². The van der Waals surface area contributed by atoms with Gasteiger partial charge >= 0.3 is 0 Å². The molecule has 0 bridgehead atoms. The third-order valence-electron chi connectivity index (χ3n) is 4.54. The Balaban J connectivity index is 1.73. The van der Waals surface area contributed by atoms with Gasteiger partial charge in [0.05, 0.1) is 5.25 Å². The molecule has 126 valence electrons. The minimum Gasteiger partial charge on any atom is -0.324 e. The van der Waals surface area contributed by atoms with Gasteiger partial charge in [0.2, 0.25) is 5.91 Å². The Labute approximate surface area is 141 Å². The molecule has 23 heavy (non-hydrogen) atoms. The first-order chi connectivity index (χ1) is 11.2. The number of carbonyl (C=O) groups excluding carboxylic acids is 1. The van der Waals surface area contributed by atoms with Gasteiger partial charge in [-0.15, -0.1) is 11.8 Å². The van der Waals surface area contributed by atoms with E-state index in [1.165, 1.54) is 6.07 Å². The molecule has 0 saturated carbocycles. The predicted octanol–water partition coefficient (Wildman–Crippen LogP) is 2.08. The Bertz CT molecular complexity index is 550. The fraction of sp³-hybridized carbons (Fsp3) is 0.588. The summed E-state index contributed by atoms with van der Waals surface area (Å²) in [6.45, 7) is 7.56. The van der Waals surface area contributed by atoms with Crippen LogP contribution in [0.2, 0.25) is 0 Å². The Kier molecular flexibility index (Phi) is 5.56. The lowest BCUT2D eigenvalue weighted by Gasteiger charge is -2.31. The van der Waals surface area contributed by atoms with E-state index in [0.717, 1.165) is 39.1 Å². The molecule has 1 aromatic rings. The average Bonchev–Trinajstić information content (AvgIpc) is 2.90. The molecule has 0 aromatic heterocycles. The molecule has 2 heterocycles. The highest BCUT2D eigenvalue weighted by atomic mass is 32.2. The van der Waals surface area contributed by atoms with Crippen LogP contribution in [0.4, 0.5) is 4.39 Å². The number of thioether (sulfide) groups is 1. The lowest BCUT2D eigenvalue weighted by Crippen LogP contribution is -2.47. The molecule has 2 aliphatic rings. The van der Waals surface area contributed by atoms with E-state index in [0.29, 0.717) is 12.1 Å². The molecule has 2 saturated heterocycles. The van der Waals surface area contributed by atoms with Crippen LogP contribution in [0.5, 0.6) is 0 Å². The number of benzene rings is 1. The van der Waals surface area contributed by atoms with Crippen molar-refractivity contribution in [2.75, 3.05) is 39.3 Å². The number of nitrogens with one attached hydrogen (secondary N) is 1. The number of nitrogens with zero attached hydrogens (tertiary/aromatic N) is 2. The zero-order valence-corrected chi connectivity index (χ0v) is 14.3. The fourth-order valence-corrected chi connectivity index (χ4v) is 4.64. The van der Waals surface area contributed by atoms with Crippen LogP contribution >= 0.6 is 11.8 Å². The van der Waals surface area contributed by atoms with Crippen molar-refractivity contribution in [1.29, 1.82) is 0 Å². The zero-order valence-electron chi connectivity index (χ0n) is 13.5. The van der Waals surface area contributed by atoms with Gasteiger partial charge < -0.3 is 10.2 Å². The number of hydrogen-bond acceptors (Lipinski definition) is 4. The van der Waals surface area contributed by atoms with Crippen molar-refractivity contribution < 1.29 is 9.18 Å². The number of piperazine rings is 1. The normalized spacial score (nSPS) is 26.0. The minimum atomic E-state index is -0.221. The van der Waals surface area contributed by atoms with Gasteiger partial charge in [0.1, 0.15) is 11.2 Å². The van der Waals surface area contributed by atoms with Gasteiger partial charge in [0.25, 0.3) is 0 Å². The number of carbonyl (C=O) groups is 1. The third kappa shape index (κ3) is 3.70. The Morgan fingerprint density at radius 1 is 1.26 bits per heavy atom. The van der Waals surface area contributed by atoms with Crippen molar-refractivity contribution in [3.63, 3.8) is 0 Å². The molecule has 1 aromatic carbocycles. The zero-order chi connectivity index (χ0) is 16.2. The monoisotopic (exact) mass is 337 g/mol. The first-order valence-corrected chi connectivity index (χ1v) is 9.28. The number of rotatable bonds is 5. The summed E-state index contributed by atoms with van der Waals surface area (Å²) in [5.74, 6) is -0.0670. The highest BCUT2D eigenvalue weighted by Crippen LogP contribution is 2.44. The lowest BCUT2D eigenvalue weighted by atomic mass is 10.2. The largest absolute Gasteiger partial charge is 0.324 e. The second kappa shape index (κ2) is 7.64. The van der Waals surface area contributed by atoms with Gasteiger partial charge in [-0.2, -0.15) is 0 Å². The van der Waals surface area contributed by atoms with Crippen LogP contribution in [-0.2, 0) is 4.79 Å². The maximum absolute atomic E-state index is 14.2. The van der Waals surface area contributed by atoms with Crippen molar-refractivity contribution in [3.8, 4) is 0 Å². The van der Waals surface area contributed by atoms with Crippen LogP contribution in [0.3, 0.4) is 0 Å². The van der Waals surface area contributed by atoms with Gasteiger partial charge in [-0.3, -0.25) is 9.69 Å². The molecule has 2 aliphatic heterocycles. The smallest absolute Gasteiger partial charge is 0.236 e. The molecule has 0 spiro atoms. The summed E-state index contributed by atoms with van der Waals surface area (Å²) in [7, 11) is 0. The fourth-order valence-electron chi connectivity index (χ4n) is 3.19. The second-order valence-corrected chi connectivity index (χ2v) is 7.32. The summed E-state index contributed by atoms with van der Waals surface area (Å²) in [6.07, 6.45) is 0.790. The summed E-state index contributed by atoms with van der Waals surface area (Å²) in [6, 6.07) is 6.82. The average molecular weight is 337 g/mol. The van der Waals surface area contributed by atoms with Crippen molar-refractivity contribution in [2.24, 2.45) is 0 Å². The number of halogens is 1. The van der Waals surface area contributed by atoms with Crippen molar-refractivity contribution in [2.45, 2.75) is 24.0 Å². The van der Waals surface area contributed by atoms with Crippen LogP contribution in [0.15, 0.2) is 24.3 Å². The molecule has 2 fully saturated rings. The van der Waals surface area contributed by atoms with Gasteiger partial charge in [0.15, 0.2) is 0 Å². The third-order valence-corrected chi connectivity index (χ3v) is 6.17. The van der Waals surface area contributed by atoms with Crippen molar-refractivity contribution in [3.05, 3.63) is 35.6 Å². The molecular weight excluding hydrogens is 313 g/mol. The number of amides is 1. The van der Waals surface area contributed by atoms with Crippen LogP contribution in [0.1, 0.15) is 24.3 Å². The molecule has 0 unspecified atom stereocenters. The highest BCUT2D eigenvalue weighted by Gasteiger charge is 2.40. The van der Waals surface area contributed by atoms with Crippen LogP contribution in [-0.4, -0.2) is 60.2 Å². The summed E-state index contributed by atoms with van der Waals surface area (Å²) >= 11 is 1.59. The molecule has 0 aliphatic carbocycles. The van der Waals surface area contributed by atoms with E-state index in [4.69, 9.17) is 0 Å². The predicted molar refractivity (Wildman–Crippen MR) is 91.8 cm³/mol. The van der Waals surface area contributed by atoms with E-state index < -0.39 is 0 Å². The van der Waals surface area contributed by atoms with E-state index in [9.17, 15) is 9.18 Å². The van der Waals surface area contributed by atoms with E-state index in [2.05, 4.69) is 10.2 Å². The summed E-state index contributed by atoms with van der Waals surface area (Å²) in [4.78, 5) is 16.9. The molecule has 6 heteroatoms. The highest BCUT2D eigenvalue weighted by molar-refractivity contribution is 8.01. The maximum Gasteiger partial charge on any atom is 0.236 e. The van der Waals surface area contributed by atoms with Crippen molar-refractivity contribution >= 4 is 17.7 Å². The molecule has 2 atom stereocenters. The summed E-state index contributed by atoms with van der Waals surface area (Å²) in [5.41, 5.74) is 0.627. The lowest BCUT2D eigenvalue weighted by molar-refractivity contribution is -0.130. The topological polar surface area (TPSA) is 35.6 Å². The quantitative estimate of drug-likeness (QED) is 0.892. The molecular formula is C17H24FN3OS. The molecule has 4 nitrogen and oxygen atoms in total. The van der Waals surface area contributed by atoms with E-state index in [1.54, 1.807) is 23.9 Å². The van der Waals surface area contributed by atoms with E-state index in [-0.39, 0.29) is 22.3 Å². The SMILES string of the molecule is CC[C@H]1S[C@H](c2ccccc2F)N(CCN2CCNCC2)C1=O. The molecule has 0 radical (unpaired) electrons. The van der Waals surface area contributed by atoms with Gasteiger partial charge in [-0.05, 0) is 12.5 Å². The number of hydrogen-bond donors (Lipinski definition) is 1. The first-order valence-electron chi connectivity index (χ1n) is 8.34. The van der Waals surface area contributed by atoms with Gasteiger partial charge in [-0.25, -0.2) is 4.39 Å². The van der Waals surface area contributed by atoms with E-state index >= 15 is 0 Å². The Morgan fingerprint density at radius 2 is 2.00 bits per heavy atom. The maximum atomic E-state index is 14.2. The summed E-state index contributed by atoms with van der Waals surface area (Å²) < 4.78 is 14.2. The van der Waals surface area contributed by atoms with Crippen LogP contribution in [0.25, 0.3) is 0 Å². The second-order valence-electron chi connectivity index (χ2n) is 6.03. The van der Waals surface area contributed by atoms with Crippen LogP contribution in [0, 0.1) is 5.82 Å². The molecule has 1 N–H and O–H groups in total. The Morgan fingerprint density at radius 3 is 2.70 bits per heavy atom. The van der Waals surface area contributed by atoms with E-state index in [1.807, 2.05) is 17.9 Å². The minimum absolute atomic E-state index is 0.0531. The molecule has 1 amide bonds. The first kappa shape index (κ1) is 16.7. The standard InChI is InChI=1S/C17H24FN3OS/c1-2-15-16(22)21(12-11-20-9-7-19-8-10-20)17(23-15)13-5-3-4-6-14(13)18/h3-6,15,17,19H,2,7-12H2,1H3/t15-,17-/m1/s1. The van der Waals surface area contributed by atoms with Gasteiger partial charge in [-0.1, -0.05) is 25.1 Å².